The molecule has 0 spiro atoms. The Kier molecular flexibility index (Phi) is 4.54. The van der Waals surface area contributed by atoms with Gasteiger partial charge in [0.2, 0.25) is 0 Å². The van der Waals surface area contributed by atoms with Crippen LogP contribution in [-0.4, -0.2) is 18.2 Å². The molecule has 1 aromatic carbocycles. The van der Waals surface area contributed by atoms with Gasteiger partial charge in [-0.1, -0.05) is 30.3 Å². The van der Waals surface area contributed by atoms with Crippen molar-refractivity contribution in [3.05, 3.63) is 35.9 Å². The molecule has 2 N–H and O–H groups in total. The molecule has 1 rings (SSSR count). The fourth-order valence-corrected chi connectivity index (χ4v) is 1.30. The standard InChI is InChI=1S/C12H17N3/c1-3-14-12(15-10(2)13)9-11-7-5-4-6-8-11/h4-8H,3,9H2,1-2H3,(H2,13,14,15). The number of hydrogen-bond donors (Lipinski definition) is 1. The summed E-state index contributed by atoms with van der Waals surface area (Å²) >= 11 is 0. The largest absolute Gasteiger partial charge is 0.387 e. The monoisotopic (exact) mass is 203 g/mol. The van der Waals surface area contributed by atoms with Gasteiger partial charge in [0.25, 0.3) is 0 Å². The third kappa shape index (κ3) is 4.40. The van der Waals surface area contributed by atoms with Crippen LogP contribution in [0.2, 0.25) is 0 Å². The summed E-state index contributed by atoms with van der Waals surface area (Å²) in [7, 11) is 0. The van der Waals surface area contributed by atoms with E-state index in [4.69, 9.17) is 5.73 Å². The van der Waals surface area contributed by atoms with Crippen molar-refractivity contribution in [2.45, 2.75) is 20.3 Å². The van der Waals surface area contributed by atoms with Crippen LogP contribution in [0, 0.1) is 0 Å². The second-order valence-electron chi connectivity index (χ2n) is 3.31. The minimum Gasteiger partial charge on any atom is -0.387 e. The molecule has 3 nitrogen and oxygen atoms in total. The Balaban J connectivity index is 2.77. The highest BCUT2D eigenvalue weighted by Crippen LogP contribution is 2.02. The van der Waals surface area contributed by atoms with E-state index in [-0.39, 0.29) is 0 Å². The fourth-order valence-electron chi connectivity index (χ4n) is 1.30. The molecule has 0 aromatic heterocycles. The normalized spacial score (nSPS) is 12.9. The van der Waals surface area contributed by atoms with Gasteiger partial charge in [-0.05, 0) is 19.4 Å². The average molecular weight is 203 g/mol. The summed E-state index contributed by atoms with van der Waals surface area (Å²) in [5.74, 6) is 1.35. The van der Waals surface area contributed by atoms with Crippen LogP contribution in [0.25, 0.3) is 0 Å². The molecule has 0 aliphatic heterocycles. The second-order valence-corrected chi connectivity index (χ2v) is 3.31. The van der Waals surface area contributed by atoms with E-state index in [1.165, 1.54) is 5.56 Å². The molecular weight excluding hydrogens is 186 g/mol. The minimum absolute atomic E-state index is 0.554. The summed E-state index contributed by atoms with van der Waals surface area (Å²) in [4.78, 5) is 8.52. The van der Waals surface area contributed by atoms with Crippen LogP contribution in [0.5, 0.6) is 0 Å². The lowest BCUT2D eigenvalue weighted by atomic mass is 10.1. The predicted molar refractivity (Wildman–Crippen MR) is 65.4 cm³/mol. The molecule has 0 atom stereocenters. The highest BCUT2D eigenvalue weighted by molar-refractivity contribution is 5.96. The van der Waals surface area contributed by atoms with Crippen molar-refractivity contribution >= 4 is 11.7 Å². The summed E-state index contributed by atoms with van der Waals surface area (Å²) in [5.41, 5.74) is 6.75. The third-order valence-corrected chi connectivity index (χ3v) is 1.85. The predicted octanol–water partition coefficient (Wildman–Crippen LogP) is 2.02. The SMILES string of the molecule is CCN=C(Cc1ccccc1)N=C(C)N. The molecular formula is C12H17N3. The molecule has 80 valence electrons. The van der Waals surface area contributed by atoms with Crippen LogP contribution in [-0.2, 0) is 6.42 Å². The number of amidine groups is 2. The van der Waals surface area contributed by atoms with Crippen LogP contribution < -0.4 is 5.73 Å². The van der Waals surface area contributed by atoms with Crippen LogP contribution in [0.15, 0.2) is 40.3 Å². The summed E-state index contributed by atoms with van der Waals surface area (Å²) < 4.78 is 0. The summed E-state index contributed by atoms with van der Waals surface area (Å²) in [6, 6.07) is 10.1. The van der Waals surface area contributed by atoms with E-state index in [0.29, 0.717) is 5.84 Å². The molecule has 0 bridgehead atoms. The molecule has 0 aliphatic rings. The molecule has 15 heavy (non-hydrogen) atoms. The topological polar surface area (TPSA) is 50.7 Å². The van der Waals surface area contributed by atoms with Gasteiger partial charge in [0.15, 0.2) is 0 Å². The Bertz CT molecular complexity index is 348. The van der Waals surface area contributed by atoms with E-state index < -0.39 is 0 Å². The van der Waals surface area contributed by atoms with E-state index in [9.17, 15) is 0 Å². The zero-order chi connectivity index (χ0) is 11.1. The molecule has 0 saturated heterocycles. The van der Waals surface area contributed by atoms with E-state index >= 15 is 0 Å². The fraction of sp³-hybridized carbons (Fsp3) is 0.333. The summed E-state index contributed by atoms with van der Waals surface area (Å²) in [5, 5.41) is 0. The van der Waals surface area contributed by atoms with Gasteiger partial charge in [-0.25, -0.2) is 4.99 Å². The van der Waals surface area contributed by atoms with Gasteiger partial charge in [0.05, 0.1) is 5.84 Å². The Morgan fingerprint density at radius 3 is 2.47 bits per heavy atom. The van der Waals surface area contributed by atoms with Gasteiger partial charge in [0.1, 0.15) is 5.84 Å². The first-order chi connectivity index (χ1) is 7.22. The first-order valence-electron chi connectivity index (χ1n) is 5.10. The zero-order valence-electron chi connectivity index (χ0n) is 9.27. The van der Waals surface area contributed by atoms with Gasteiger partial charge in [-0.3, -0.25) is 4.99 Å². The van der Waals surface area contributed by atoms with Crippen molar-refractivity contribution < 1.29 is 0 Å². The Hall–Kier alpha value is -1.64. The molecule has 0 fully saturated rings. The van der Waals surface area contributed by atoms with Gasteiger partial charge in [-0.2, -0.15) is 0 Å². The van der Waals surface area contributed by atoms with E-state index in [1.54, 1.807) is 6.92 Å². The van der Waals surface area contributed by atoms with Gasteiger partial charge in [-0.15, -0.1) is 0 Å². The van der Waals surface area contributed by atoms with Crippen molar-refractivity contribution in [3.63, 3.8) is 0 Å². The van der Waals surface area contributed by atoms with Crippen LogP contribution in [0.4, 0.5) is 0 Å². The quantitative estimate of drug-likeness (QED) is 0.593. The van der Waals surface area contributed by atoms with Crippen molar-refractivity contribution in [2.75, 3.05) is 6.54 Å². The van der Waals surface area contributed by atoms with E-state index in [2.05, 4.69) is 22.1 Å². The first kappa shape index (κ1) is 11.4. The van der Waals surface area contributed by atoms with Crippen molar-refractivity contribution in [1.29, 1.82) is 0 Å². The highest BCUT2D eigenvalue weighted by atomic mass is 15.0. The third-order valence-electron chi connectivity index (χ3n) is 1.85. The van der Waals surface area contributed by atoms with Crippen LogP contribution >= 0.6 is 0 Å². The van der Waals surface area contributed by atoms with E-state index in [1.807, 2.05) is 25.1 Å². The maximum Gasteiger partial charge on any atom is 0.129 e. The number of aliphatic imine (C=N–C) groups is 2. The number of benzene rings is 1. The maximum absolute atomic E-state index is 5.55. The number of hydrogen-bond acceptors (Lipinski definition) is 1. The zero-order valence-corrected chi connectivity index (χ0v) is 9.27. The Morgan fingerprint density at radius 2 is 1.93 bits per heavy atom. The molecule has 1 aromatic rings. The smallest absolute Gasteiger partial charge is 0.129 e. The first-order valence-corrected chi connectivity index (χ1v) is 5.10. The molecule has 0 saturated carbocycles. The van der Waals surface area contributed by atoms with Crippen LogP contribution in [0.3, 0.4) is 0 Å². The second kappa shape index (κ2) is 5.96. The van der Waals surface area contributed by atoms with Crippen molar-refractivity contribution in [1.82, 2.24) is 0 Å². The molecule has 0 unspecified atom stereocenters. The van der Waals surface area contributed by atoms with Gasteiger partial charge >= 0.3 is 0 Å². The number of nitrogens with two attached hydrogens (primary N) is 1. The van der Waals surface area contributed by atoms with Gasteiger partial charge < -0.3 is 5.73 Å². The lowest BCUT2D eigenvalue weighted by Gasteiger charge is -2.01. The lowest BCUT2D eigenvalue weighted by molar-refractivity contribution is 1.09. The molecule has 0 amide bonds. The van der Waals surface area contributed by atoms with E-state index in [0.717, 1.165) is 18.8 Å². The molecule has 3 heteroatoms. The Labute approximate surface area is 90.8 Å². The molecule has 0 radical (unpaired) electrons. The molecule has 0 heterocycles. The van der Waals surface area contributed by atoms with Crippen molar-refractivity contribution in [3.8, 4) is 0 Å². The average Bonchev–Trinajstić information content (AvgIpc) is 2.18. The lowest BCUT2D eigenvalue weighted by Crippen LogP contribution is -2.11. The summed E-state index contributed by atoms with van der Waals surface area (Å²) in [6.45, 7) is 4.50. The Morgan fingerprint density at radius 1 is 1.27 bits per heavy atom. The summed E-state index contributed by atoms with van der Waals surface area (Å²) in [6.07, 6.45) is 0.739. The number of rotatable bonds is 3. The van der Waals surface area contributed by atoms with Crippen LogP contribution in [0.1, 0.15) is 19.4 Å². The van der Waals surface area contributed by atoms with Crippen molar-refractivity contribution in [2.24, 2.45) is 15.7 Å². The minimum atomic E-state index is 0.554. The maximum atomic E-state index is 5.55. The number of nitrogens with zero attached hydrogens (tertiary/aromatic N) is 2. The highest BCUT2D eigenvalue weighted by Gasteiger charge is 1.98. The molecule has 0 aliphatic carbocycles. The van der Waals surface area contributed by atoms with Gasteiger partial charge in [0, 0.05) is 13.0 Å².